The second-order valence-corrected chi connectivity index (χ2v) is 13.4. The number of rotatable bonds is 8. The van der Waals surface area contributed by atoms with Crippen molar-refractivity contribution in [2.24, 2.45) is 0 Å². The molecule has 0 aromatic heterocycles. The number of hydrogen-bond acceptors (Lipinski definition) is 3. The summed E-state index contributed by atoms with van der Waals surface area (Å²) in [5.41, 5.74) is 3.99. The van der Waals surface area contributed by atoms with Crippen LogP contribution in [0.1, 0.15) is 65.5 Å². The molecule has 2 nitrogen and oxygen atoms in total. The predicted molar refractivity (Wildman–Crippen MR) is 158 cm³/mol. The smallest absolute Gasteiger partial charge is 0.118 e. The molecule has 2 N–H and O–H groups in total. The Hall–Kier alpha value is -1.36. The summed E-state index contributed by atoms with van der Waals surface area (Å²) < 4.78 is 7.49. The first-order chi connectivity index (χ1) is 15.7. The summed E-state index contributed by atoms with van der Waals surface area (Å²) in [5.74, 6) is 1.73. The van der Waals surface area contributed by atoms with Crippen LogP contribution in [0.3, 0.4) is 0 Å². The zero-order valence-electron chi connectivity index (χ0n) is 22.6. The van der Waals surface area contributed by atoms with E-state index in [4.69, 9.17) is 4.55 Å². The maximum absolute atomic E-state index is 9.66. The normalized spacial score (nSPS) is 11.3. The van der Waals surface area contributed by atoms with E-state index in [0.29, 0.717) is 5.75 Å². The highest BCUT2D eigenvalue weighted by atomic mass is 32.3. The Balaban J connectivity index is 0. The maximum Gasteiger partial charge on any atom is 0.118 e. The van der Waals surface area contributed by atoms with Crippen LogP contribution >= 0.6 is 22.1 Å². The highest BCUT2D eigenvalue weighted by Crippen LogP contribution is 2.45. The van der Waals surface area contributed by atoms with Gasteiger partial charge in [0.1, 0.15) is 5.75 Å². The van der Waals surface area contributed by atoms with Crippen LogP contribution in [0.25, 0.3) is 0 Å². The third-order valence-electron chi connectivity index (χ3n) is 5.53. The van der Waals surface area contributed by atoms with Crippen LogP contribution in [0.2, 0.25) is 0 Å². The van der Waals surface area contributed by atoms with Crippen molar-refractivity contribution in [3.05, 3.63) is 77.4 Å². The van der Waals surface area contributed by atoms with Gasteiger partial charge in [0, 0.05) is 6.26 Å². The molecule has 0 aliphatic heterocycles. The average Bonchev–Trinajstić information content (AvgIpc) is 2.81. The van der Waals surface area contributed by atoms with Gasteiger partial charge in [0.05, 0.1) is 0 Å². The fourth-order valence-corrected chi connectivity index (χ4v) is 4.08. The Kier molecular flexibility index (Phi) is 21.7. The van der Waals surface area contributed by atoms with E-state index in [-0.39, 0.29) is 0 Å². The molecule has 0 radical (unpaired) electrons. The molecule has 2 rings (SSSR count). The van der Waals surface area contributed by atoms with Crippen LogP contribution in [-0.2, 0) is 12.8 Å². The Morgan fingerprint density at radius 3 is 1.97 bits per heavy atom. The van der Waals surface area contributed by atoms with Gasteiger partial charge < -0.3 is 9.66 Å². The van der Waals surface area contributed by atoms with Crippen molar-refractivity contribution in [2.45, 2.75) is 72.5 Å². The Labute approximate surface area is 211 Å². The van der Waals surface area contributed by atoms with Crippen LogP contribution in [0, 0.1) is 0 Å². The summed E-state index contributed by atoms with van der Waals surface area (Å²) in [6.07, 6.45) is 13.1. The number of aromatic hydroxyl groups is 1. The van der Waals surface area contributed by atoms with E-state index in [9.17, 15) is 5.11 Å². The lowest BCUT2D eigenvalue weighted by molar-refractivity contribution is 0.467. The minimum atomic E-state index is -0.463. The molecule has 0 amide bonds. The number of aryl methyl sites for hydroxylation is 2. The number of hydrogen-bond donors (Lipinski definition) is 2. The monoisotopic (exact) mass is 494 g/mol. The van der Waals surface area contributed by atoms with Gasteiger partial charge in [0.15, 0.2) is 0 Å². The van der Waals surface area contributed by atoms with Gasteiger partial charge in [-0.05, 0) is 92.3 Å². The molecule has 0 fully saturated rings. The van der Waals surface area contributed by atoms with Crippen molar-refractivity contribution in [2.75, 3.05) is 24.5 Å². The van der Waals surface area contributed by atoms with E-state index in [2.05, 4.69) is 76.6 Å². The first kappa shape index (κ1) is 33.8. The minimum absolute atomic E-state index is 0.444. The lowest BCUT2D eigenvalue weighted by atomic mass is 10.1. The Bertz CT molecular complexity index is 725. The molecular weight excluding hydrogens is 444 g/mol. The van der Waals surface area contributed by atoms with E-state index in [1.165, 1.54) is 29.7 Å². The standard InChI is InChI=1S/C14H24OS.C12H16.C2H6.CH4OS/c1-12(2)16(3,4)11-7-9-13-8-5-6-10-14(13)15;1-3-11(2)9-10-12-7-5-4-6-8-12;1-2;1-3-2/h5-6,8,10,12,15H,7,9,11H2,1-4H3;3-8H,9-10H2,1-2H3;1-2H3;2H,1H3. The maximum atomic E-state index is 9.66. The molecule has 0 saturated heterocycles. The van der Waals surface area contributed by atoms with Crippen LogP contribution in [0.5, 0.6) is 5.75 Å². The summed E-state index contributed by atoms with van der Waals surface area (Å²) in [7, 11) is -0.463. The molecule has 2 aromatic rings. The van der Waals surface area contributed by atoms with Crippen molar-refractivity contribution in [1.82, 2.24) is 0 Å². The molecule has 0 atom stereocenters. The molecule has 190 valence electrons. The molecule has 0 unspecified atom stereocenters. The fraction of sp³-hybridized carbons (Fsp3) is 0.517. The van der Waals surface area contributed by atoms with Gasteiger partial charge in [-0.2, -0.15) is 0 Å². The Morgan fingerprint density at radius 1 is 0.970 bits per heavy atom. The largest absolute Gasteiger partial charge is 0.508 e. The van der Waals surface area contributed by atoms with Crippen molar-refractivity contribution >= 4 is 22.1 Å². The number of para-hydroxylation sites is 1. The summed E-state index contributed by atoms with van der Waals surface area (Å²) in [4.78, 5) is 0. The van der Waals surface area contributed by atoms with E-state index >= 15 is 0 Å². The molecule has 0 aliphatic carbocycles. The van der Waals surface area contributed by atoms with Crippen molar-refractivity contribution < 1.29 is 9.66 Å². The molecule has 0 saturated carbocycles. The fourth-order valence-electron chi connectivity index (χ4n) is 2.72. The zero-order chi connectivity index (χ0) is 25.7. The highest BCUT2D eigenvalue weighted by Gasteiger charge is 2.15. The molecule has 0 spiro atoms. The van der Waals surface area contributed by atoms with Gasteiger partial charge in [-0.1, -0.05) is 87.9 Å². The van der Waals surface area contributed by atoms with E-state index in [1.807, 2.05) is 32.0 Å². The highest BCUT2D eigenvalue weighted by molar-refractivity contribution is 8.33. The van der Waals surface area contributed by atoms with E-state index in [1.54, 1.807) is 12.3 Å². The van der Waals surface area contributed by atoms with Crippen LogP contribution in [0.4, 0.5) is 0 Å². The zero-order valence-corrected chi connectivity index (χ0v) is 24.2. The second-order valence-electron chi connectivity index (χ2n) is 8.41. The van der Waals surface area contributed by atoms with E-state index in [0.717, 1.165) is 35.7 Å². The number of phenolic OH excluding ortho intramolecular Hbond substituents is 1. The Morgan fingerprint density at radius 2 is 1.48 bits per heavy atom. The van der Waals surface area contributed by atoms with Crippen molar-refractivity contribution in [3.8, 4) is 5.75 Å². The predicted octanol–water partition coefficient (Wildman–Crippen LogP) is 9.23. The van der Waals surface area contributed by atoms with Gasteiger partial charge in [-0.3, -0.25) is 0 Å². The first-order valence-corrected chi connectivity index (χ1v) is 15.8. The number of allylic oxidation sites excluding steroid dienone is 2. The topological polar surface area (TPSA) is 40.5 Å². The molecule has 2 aromatic carbocycles. The molecule has 33 heavy (non-hydrogen) atoms. The number of phenols is 1. The molecule has 0 aliphatic rings. The number of benzene rings is 2. The van der Waals surface area contributed by atoms with Crippen LogP contribution in [-0.4, -0.2) is 39.4 Å². The van der Waals surface area contributed by atoms with Gasteiger partial charge >= 0.3 is 0 Å². The van der Waals surface area contributed by atoms with Gasteiger partial charge in [-0.25, -0.2) is 10.0 Å². The summed E-state index contributed by atoms with van der Waals surface area (Å²) >= 11 is 0.750. The van der Waals surface area contributed by atoms with Crippen molar-refractivity contribution in [1.29, 1.82) is 0 Å². The molecule has 0 heterocycles. The third-order valence-corrected chi connectivity index (χ3v) is 9.42. The van der Waals surface area contributed by atoms with Gasteiger partial charge in [-0.15, -0.1) is 0 Å². The lowest BCUT2D eigenvalue weighted by Crippen LogP contribution is -2.13. The average molecular weight is 495 g/mol. The first-order valence-electron chi connectivity index (χ1n) is 12.0. The lowest BCUT2D eigenvalue weighted by Gasteiger charge is -2.36. The van der Waals surface area contributed by atoms with E-state index < -0.39 is 10.0 Å². The minimum Gasteiger partial charge on any atom is -0.508 e. The van der Waals surface area contributed by atoms with Crippen molar-refractivity contribution in [3.63, 3.8) is 0 Å². The second kappa shape index (κ2) is 21.2. The molecule has 0 bridgehead atoms. The van der Waals surface area contributed by atoms with Gasteiger partial charge in [0.25, 0.3) is 0 Å². The molecular formula is C29H50O2S2. The SMILES string of the molecule is CC.CC(C)S(C)(C)CCCc1ccccc1O.CC=C(C)CCc1ccccc1.CSO. The third kappa shape index (κ3) is 17.7. The summed E-state index contributed by atoms with van der Waals surface area (Å²) in [5, 5.41) is 10.4. The van der Waals surface area contributed by atoms with Crippen LogP contribution < -0.4 is 0 Å². The van der Waals surface area contributed by atoms with Crippen LogP contribution in [0.15, 0.2) is 66.2 Å². The quantitative estimate of drug-likeness (QED) is 0.284. The summed E-state index contributed by atoms with van der Waals surface area (Å²) in [6.45, 7) is 12.9. The van der Waals surface area contributed by atoms with Gasteiger partial charge in [0.2, 0.25) is 0 Å². The molecule has 4 heteroatoms. The summed E-state index contributed by atoms with van der Waals surface area (Å²) in [6, 6.07) is 18.3.